The third-order valence-corrected chi connectivity index (χ3v) is 7.31. The lowest BCUT2D eigenvalue weighted by Gasteiger charge is -2.15. The number of sulfonamides is 1. The molecule has 1 saturated heterocycles. The summed E-state index contributed by atoms with van der Waals surface area (Å²) in [5, 5.41) is 1.42. The van der Waals surface area contributed by atoms with Crippen molar-refractivity contribution >= 4 is 33.1 Å². The van der Waals surface area contributed by atoms with Crippen LogP contribution < -0.4 is 0 Å². The molecule has 2 aromatic rings. The summed E-state index contributed by atoms with van der Waals surface area (Å²) < 4.78 is 69.8. The molecule has 1 aliphatic rings. The fourth-order valence-electron chi connectivity index (χ4n) is 2.87. The minimum atomic E-state index is -4.61. The largest absolute Gasteiger partial charge is 0.453 e. The zero-order valence-corrected chi connectivity index (χ0v) is 16.6. The summed E-state index contributed by atoms with van der Waals surface area (Å²) in [4.78, 5) is 24.1. The maximum atomic E-state index is 12.8. The average Bonchev–Trinajstić information content (AvgIpc) is 3.37. The molecular formula is C18H16F3NO5S2. The average molecular weight is 447 g/mol. The van der Waals surface area contributed by atoms with Gasteiger partial charge in [-0.3, -0.25) is 4.79 Å². The number of benzene rings is 1. The summed E-state index contributed by atoms with van der Waals surface area (Å²) in [6.45, 7) is -0.0807. The standard InChI is InChI=1S/C18H16F3NO5S2/c19-18(20,21)13-5-3-4-12(10-13)14(23)11-27-17(24)16-15(6-9-28-16)29(25,26)22-7-1-2-8-22/h3-6,9-10H,1-2,7-8,11H2. The first-order valence-corrected chi connectivity index (χ1v) is 10.9. The van der Waals surface area contributed by atoms with E-state index in [1.54, 1.807) is 0 Å². The van der Waals surface area contributed by atoms with E-state index in [1.165, 1.54) is 21.8 Å². The smallest absolute Gasteiger partial charge is 0.416 e. The van der Waals surface area contributed by atoms with Crippen molar-refractivity contribution < 1.29 is 35.9 Å². The van der Waals surface area contributed by atoms with Crippen molar-refractivity contribution in [1.29, 1.82) is 0 Å². The summed E-state index contributed by atoms with van der Waals surface area (Å²) in [5.74, 6) is -1.84. The molecule has 6 nitrogen and oxygen atoms in total. The van der Waals surface area contributed by atoms with Crippen LogP contribution in [0.2, 0.25) is 0 Å². The molecule has 0 aliphatic carbocycles. The molecule has 1 aromatic carbocycles. The second kappa shape index (κ2) is 8.25. The van der Waals surface area contributed by atoms with Crippen LogP contribution >= 0.6 is 11.3 Å². The molecule has 0 radical (unpaired) electrons. The Kier molecular flexibility index (Phi) is 6.11. The molecular weight excluding hydrogens is 431 g/mol. The minimum Gasteiger partial charge on any atom is -0.453 e. The molecule has 2 heterocycles. The van der Waals surface area contributed by atoms with Gasteiger partial charge in [-0.05, 0) is 36.4 Å². The van der Waals surface area contributed by atoms with Crippen LogP contribution in [0.5, 0.6) is 0 Å². The molecule has 0 saturated carbocycles. The lowest BCUT2D eigenvalue weighted by atomic mass is 10.1. The van der Waals surface area contributed by atoms with Crippen molar-refractivity contribution in [3.8, 4) is 0 Å². The van der Waals surface area contributed by atoms with Gasteiger partial charge in [0.05, 0.1) is 5.56 Å². The van der Waals surface area contributed by atoms with Crippen LogP contribution in [-0.2, 0) is 20.9 Å². The number of hydrogen-bond acceptors (Lipinski definition) is 6. The summed E-state index contributed by atoms with van der Waals surface area (Å²) in [5.41, 5.74) is -1.25. The molecule has 0 N–H and O–H groups in total. The Morgan fingerprint density at radius 1 is 1.14 bits per heavy atom. The number of carbonyl (C=O) groups is 2. The van der Waals surface area contributed by atoms with E-state index in [-0.39, 0.29) is 15.3 Å². The number of esters is 1. The zero-order valence-electron chi connectivity index (χ0n) is 14.9. The minimum absolute atomic E-state index is 0.172. The molecule has 29 heavy (non-hydrogen) atoms. The second-order valence-corrected chi connectivity index (χ2v) is 9.13. The number of rotatable bonds is 6. The highest BCUT2D eigenvalue weighted by molar-refractivity contribution is 7.89. The van der Waals surface area contributed by atoms with Crippen LogP contribution in [0.3, 0.4) is 0 Å². The lowest BCUT2D eigenvalue weighted by molar-refractivity contribution is -0.137. The Hall–Kier alpha value is -2.24. The number of thiophene rings is 1. The predicted octanol–water partition coefficient (Wildman–Crippen LogP) is 3.59. The second-order valence-electron chi connectivity index (χ2n) is 6.30. The Balaban J connectivity index is 1.71. The first-order chi connectivity index (χ1) is 13.6. The molecule has 0 amide bonds. The van der Waals surface area contributed by atoms with Crippen molar-refractivity contribution in [1.82, 2.24) is 4.31 Å². The highest BCUT2D eigenvalue weighted by Crippen LogP contribution is 2.30. The molecule has 0 unspecified atom stereocenters. The van der Waals surface area contributed by atoms with E-state index >= 15 is 0 Å². The van der Waals surface area contributed by atoms with Gasteiger partial charge in [-0.1, -0.05) is 12.1 Å². The topological polar surface area (TPSA) is 80.8 Å². The maximum absolute atomic E-state index is 12.8. The van der Waals surface area contributed by atoms with Crippen LogP contribution in [-0.4, -0.2) is 44.2 Å². The number of alkyl halides is 3. The molecule has 1 fully saturated rings. The van der Waals surface area contributed by atoms with Gasteiger partial charge in [-0.25, -0.2) is 13.2 Å². The summed E-state index contributed by atoms with van der Waals surface area (Å²) >= 11 is 0.856. The van der Waals surface area contributed by atoms with E-state index in [2.05, 4.69) is 0 Å². The van der Waals surface area contributed by atoms with Gasteiger partial charge in [0.25, 0.3) is 0 Å². The van der Waals surface area contributed by atoms with Gasteiger partial charge >= 0.3 is 12.1 Å². The highest BCUT2D eigenvalue weighted by Gasteiger charge is 2.33. The first kappa shape index (κ1) is 21.5. The van der Waals surface area contributed by atoms with E-state index < -0.39 is 40.1 Å². The SMILES string of the molecule is O=C(COC(=O)c1sccc1S(=O)(=O)N1CCCC1)c1cccc(C(F)(F)F)c1. The van der Waals surface area contributed by atoms with Crippen molar-refractivity contribution in [2.24, 2.45) is 0 Å². The first-order valence-electron chi connectivity index (χ1n) is 8.56. The van der Waals surface area contributed by atoms with Gasteiger partial charge in [0.15, 0.2) is 12.4 Å². The molecule has 1 aromatic heterocycles. The fraction of sp³-hybridized carbons (Fsp3) is 0.333. The number of Topliss-reactive ketones (excluding diaryl/α,β-unsaturated/α-hetero) is 1. The Morgan fingerprint density at radius 3 is 2.48 bits per heavy atom. The monoisotopic (exact) mass is 447 g/mol. The molecule has 3 rings (SSSR count). The van der Waals surface area contributed by atoms with Crippen LogP contribution in [0.15, 0.2) is 40.6 Å². The Labute approximate surface area is 168 Å². The van der Waals surface area contributed by atoms with E-state index in [1.807, 2.05) is 0 Å². The third-order valence-electron chi connectivity index (χ3n) is 4.34. The van der Waals surface area contributed by atoms with Gasteiger partial charge in [-0.2, -0.15) is 17.5 Å². The maximum Gasteiger partial charge on any atom is 0.416 e. The predicted molar refractivity (Wildman–Crippen MR) is 98.4 cm³/mol. The highest BCUT2D eigenvalue weighted by atomic mass is 32.2. The van der Waals surface area contributed by atoms with Gasteiger partial charge in [-0.15, -0.1) is 11.3 Å². The molecule has 11 heteroatoms. The van der Waals surface area contributed by atoms with E-state index in [4.69, 9.17) is 4.74 Å². The number of hydrogen-bond donors (Lipinski definition) is 0. The van der Waals surface area contributed by atoms with Crippen molar-refractivity contribution in [2.75, 3.05) is 19.7 Å². The summed E-state index contributed by atoms with van der Waals surface area (Å²) in [6.07, 6.45) is -3.15. The van der Waals surface area contributed by atoms with E-state index in [0.29, 0.717) is 19.2 Å². The van der Waals surface area contributed by atoms with Gasteiger partial charge in [0.1, 0.15) is 9.77 Å². The molecule has 0 bridgehead atoms. The van der Waals surface area contributed by atoms with Gasteiger partial charge in [0, 0.05) is 18.7 Å². The van der Waals surface area contributed by atoms with E-state index in [0.717, 1.165) is 36.3 Å². The number of ketones is 1. The Morgan fingerprint density at radius 2 is 1.83 bits per heavy atom. The molecule has 1 aliphatic heterocycles. The van der Waals surface area contributed by atoms with Crippen LogP contribution in [0, 0.1) is 0 Å². The quantitative estimate of drug-likeness (QED) is 0.499. The fourth-order valence-corrected chi connectivity index (χ4v) is 5.67. The van der Waals surface area contributed by atoms with Gasteiger partial charge < -0.3 is 4.74 Å². The number of halogens is 3. The van der Waals surface area contributed by atoms with Crippen LogP contribution in [0.25, 0.3) is 0 Å². The molecule has 0 spiro atoms. The van der Waals surface area contributed by atoms with Crippen LogP contribution in [0.1, 0.15) is 38.4 Å². The van der Waals surface area contributed by atoms with Crippen molar-refractivity contribution in [3.05, 3.63) is 51.7 Å². The number of carbonyl (C=O) groups excluding carboxylic acids is 2. The van der Waals surface area contributed by atoms with Gasteiger partial charge in [0.2, 0.25) is 10.0 Å². The lowest BCUT2D eigenvalue weighted by Crippen LogP contribution is -2.29. The zero-order chi connectivity index (χ0) is 21.2. The summed E-state index contributed by atoms with van der Waals surface area (Å²) in [6, 6.07) is 5.05. The number of nitrogens with zero attached hydrogens (tertiary/aromatic N) is 1. The summed E-state index contributed by atoms with van der Waals surface area (Å²) in [7, 11) is -3.85. The van der Waals surface area contributed by atoms with E-state index in [9.17, 15) is 31.2 Å². The molecule has 0 atom stereocenters. The van der Waals surface area contributed by atoms with Crippen molar-refractivity contribution in [3.63, 3.8) is 0 Å². The number of ether oxygens (including phenoxy) is 1. The Bertz CT molecular complexity index is 1020. The molecule has 156 valence electrons. The van der Waals surface area contributed by atoms with Crippen molar-refractivity contribution in [2.45, 2.75) is 23.9 Å². The normalized spacial score (nSPS) is 15.4. The third kappa shape index (κ3) is 4.68. The van der Waals surface area contributed by atoms with Crippen LogP contribution in [0.4, 0.5) is 13.2 Å².